The monoisotopic (exact) mass is 314 g/mol. The number of carbonyl (C=O) groups is 2. The first-order valence-electron chi connectivity index (χ1n) is 7.35. The van der Waals surface area contributed by atoms with E-state index in [9.17, 15) is 9.59 Å². The zero-order valence-electron chi connectivity index (χ0n) is 12.4. The highest BCUT2D eigenvalue weighted by Crippen LogP contribution is 2.19. The van der Waals surface area contributed by atoms with Crippen LogP contribution >= 0.6 is 11.3 Å². The smallest absolute Gasteiger partial charge is 0.261 e. The SMILES string of the molecule is CC(NC(=O)c1cccs1)C(=O)N1CCc2ccccc2C1. The summed E-state index contributed by atoms with van der Waals surface area (Å²) >= 11 is 1.37. The summed E-state index contributed by atoms with van der Waals surface area (Å²) in [5.41, 5.74) is 2.50. The van der Waals surface area contributed by atoms with Crippen molar-refractivity contribution < 1.29 is 9.59 Å². The molecule has 1 aliphatic heterocycles. The van der Waals surface area contributed by atoms with E-state index in [1.54, 1.807) is 13.0 Å². The van der Waals surface area contributed by atoms with Crippen molar-refractivity contribution in [3.8, 4) is 0 Å². The second kappa shape index (κ2) is 6.32. The van der Waals surface area contributed by atoms with Gasteiger partial charge < -0.3 is 10.2 Å². The molecule has 2 heterocycles. The Morgan fingerprint density at radius 1 is 1.18 bits per heavy atom. The van der Waals surface area contributed by atoms with Gasteiger partial charge in [-0.2, -0.15) is 0 Å². The van der Waals surface area contributed by atoms with E-state index in [0.717, 1.165) is 6.42 Å². The number of fused-ring (bicyclic) bond motifs is 1. The molecule has 114 valence electrons. The molecule has 2 aromatic rings. The third-order valence-corrected chi connectivity index (χ3v) is 4.77. The van der Waals surface area contributed by atoms with Crippen molar-refractivity contribution in [1.82, 2.24) is 10.2 Å². The molecule has 0 fully saturated rings. The molecule has 3 rings (SSSR count). The van der Waals surface area contributed by atoms with Gasteiger partial charge in [0.1, 0.15) is 6.04 Å². The van der Waals surface area contributed by atoms with Crippen LogP contribution in [0, 0.1) is 0 Å². The lowest BCUT2D eigenvalue weighted by Crippen LogP contribution is -2.48. The van der Waals surface area contributed by atoms with Gasteiger partial charge in [0, 0.05) is 13.1 Å². The lowest BCUT2D eigenvalue weighted by atomic mass is 9.99. The van der Waals surface area contributed by atoms with Gasteiger partial charge >= 0.3 is 0 Å². The third kappa shape index (κ3) is 3.04. The number of rotatable bonds is 3. The number of thiophene rings is 1. The number of hydrogen-bond acceptors (Lipinski definition) is 3. The summed E-state index contributed by atoms with van der Waals surface area (Å²) in [6, 6.07) is 11.3. The topological polar surface area (TPSA) is 49.4 Å². The van der Waals surface area contributed by atoms with Crippen LogP contribution in [0.1, 0.15) is 27.7 Å². The number of carbonyl (C=O) groups excluding carboxylic acids is 2. The molecule has 0 saturated carbocycles. The van der Waals surface area contributed by atoms with E-state index in [4.69, 9.17) is 0 Å². The van der Waals surface area contributed by atoms with Crippen LogP contribution in [0.4, 0.5) is 0 Å². The lowest BCUT2D eigenvalue weighted by molar-refractivity contribution is -0.133. The van der Waals surface area contributed by atoms with Gasteiger partial charge in [0.2, 0.25) is 5.91 Å². The van der Waals surface area contributed by atoms with E-state index < -0.39 is 6.04 Å². The summed E-state index contributed by atoms with van der Waals surface area (Å²) in [4.78, 5) is 27.0. The number of nitrogens with zero attached hydrogens (tertiary/aromatic N) is 1. The van der Waals surface area contributed by atoms with Crippen LogP contribution in [0.25, 0.3) is 0 Å². The maximum atomic E-state index is 12.5. The first-order valence-corrected chi connectivity index (χ1v) is 8.23. The Morgan fingerprint density at radius 3 is 2.68 bits per heavy atom. The maximum Gasteiger partial charge on any atom is 0.261 e. The molecule has 22 heavy (non-hydrogen) atoms. The first kappa shape index (κ1) is 14.8. The molecule has 4 nitrogen and oxygen atoms in total. The zero-order valence-corrected chi connectivity index (χ0v) is 13.2. The van der Waals surface area contributed by atoms with Gasteiger partial charge in [-0.05, 0) is 35.9 Å². The molecule has 0 spiro atoms. The highest BCUT2D eigenvalue weighted by molar-refractivity contribution is 7.12. The van der Waals surface area contributed by atoms with E-state index in [-0.39, 0.29) is 11.8 Å². The van der Waals surface area contributed by atoms with Crippen molar-refractivity contribution in [2.75, 3.05) is 6.54 Å². The second-order valence-corrected chi connectivity index (χ2v) is 6.40. The fourth-order valence-electron chi connectivity index (χ4n) is 2.69. The summed E-state index contributed by atoms with van der Waals surface area (Å²) in [5, 5.41) is 4.63. The molecule has 1 atom stereocenters. The van der Waals surface area contributed by atoms with Gasteiger partial charge in [0.05, 0.1) is 4.88 Å². The van der Waals surface area contributed by atoms with E-state index in [1.165, 1.54) is 22.5 Å². The van der Waals surface area contributed by atoms with Crippen molar-refractivity contribution in [2.45, 2.75) is 25.9 Å². The highest BCUT2D eigenvalue weighted by Gasteiger charge is 2.25. The first-order chi connectivity index (χ1) is 10.6. The van der Waals surface area contributed by atoms with E-state index in [2.05, 4.69) is 17.4 Å². The van der Waals surface area contributed by atoms with Crippen molar-refractivity contribution in [1.29, 1.82) is 0 Å². The number of nitrogens with one attached hydrogen (secondary N) is 1. The Bertz CT molecular complexity index is 682. The predicted octanol–water partition coefficient (Wildman–Crippen LogP) is 2.45. The van der Waals surface area contributed by atoms with Gasteiger partial charge in [-0.25, -0.2) is 0 Å². The molecule has 2 amide bonds. The zero-order chi connectivity index (χ0) is 15.5. The Balaban J connectivity index is 1.63. The summed E-state index contributed by atoms with van der Waals surface area (Å²) in [6.45, 7) is 3.07. The number of benzene rings is 1. The molecule has 1 aliphatic rings. The number of hydrogen-bond donors (Lipinski definition) is 1. The molecule has 1 aromatic heterocycles. The molecule has 0 aliphatic carbocycles. The summed E-state index contributed by atoms with van der Waals surface area (Å²) in [7, 11) is 0. The Labute approximate surface area is 133 Å². The van der Waals surface area contributed by atoms with Gasteiger partial charge in [0.25, 0.3) is 5.91 Å². The Kier molecular flexibility index (Phi) is 4.24. The van der Waals surface area contributed by atoms with E-state index in [0.29, 0.717) is 18.0 Å². The van der Waals surface area contributed by atoms with Crippen molar-refractivity contribution >= 4 is 23.2 Å². The lowest BCUT2D eigenvalue weighted by Gasteiger charge is -2.31. The van der Waals surface area contributed by atoms with Crippen LogP contribution in [0.5, 0.6) is 0 Å². The van der Waals surface area contributed by atoms with Gasteiger partial charge in [-0.1, -0.05) is 30.3 Å². The highest BCUT2D eigenvalue weighted by atomic mass is 32.1. The van der Waals surface area contributed by atoms with Crippen LogP contribution in [0.15, 0.2) is 41.8 Å². The quantitative estimate of drug-likeness (QED) is 0.946. The minimum absolute atomic E-state index is 0.0283. The van der Waals surface area contributed by atoms with Crippen molar-refractivity contribution in [2.24, 2.45) is 0 Å². The maximum absolute atomic E-state index is 12.5. The van der Waals surface area contributed by atoms with E-state index in [1.807, 2.05) is 28.5 Å². The van der Waals surface area contributed by atoms with Crippen LogP contribution in [0.2, 0.25) is 0 Å². The summed E-state index contributed by atoms with van der Waals surface area (Å²) in [6.07, 6.45) is 0.869. The van der Waals surface area contributed by atoms with Gasteiger partial charge in [-0.15, -0.1) is 11.3 Å². The second-order valence-electron chi connectivity index (χ2n) is 5.45. The predicted molar refractivity (Wildman–Crippen MR) is 86.8 cm³/mol. The van der Waals surface area contributed by atoms with Crippen molar-refractivity contribution in [3.63, 3.8) is 0 Å². The van der Waals surface area contributed by atoms with E-state index >= 15 is 0 Å². The normalized spacial score (nSPS) is 15.0. The van der Waals surface area contributed by atoms with Crippen LogP contribution in [0.3, 0.4) is 0 Å². The molecule has 1 aromatic carbocycles. The molecule has 0 bridgehead atoms. The molecule has 1 N–H and O–H groups in total. The average molecular weight is 314 g/mol. The standard InChI is InChI=1S/C17H18N2O2S/c1-12(18-16(20)15-7-4-10-22-15)17(21)19-9-8-13-5-2-3-6-14(13)11-19/h2-7,10,12H,8-9,11H2,1H3,(H,18,20). The Hall–Kier alpha value is -2.14. The van der Waals surface area contributed by atoms with Crippen LogP contribution < -0.4 is 5.32 Å². The third-order valence-electron chi connectivity index (χ3n) is 3.91. The van der Waals surface area contributed by atoms with Gasteiger partial charge in [-0.3, -0.25) is 9.59 Å². The molecular weight excluding hydrogens is 296 g/mol. The Morgan fingerprint density at radius 2 is 1.95 bits per heavy atom. The largest absolute Gasteiger partial charge is 0.340 e. The molecule has 1 unspecified atom stereocenters. The molecule has 0 radical (unpaired) electrons. The molecular formula is C17H18N2O2S. The molecule has 0 saturated heterocycles. The average Bonchev–Trinajstić information content (AvgIpc) is 3.08. The van der Waals surface area contributed by atoms with Crippen LogP contribution in [-0.4, -0.2) is 29.3 Å². The molecule has 5 heteroatoms. The fraction of sp³-hybridized carbons (Fsp3) is 0.294. The minimum Gasteiger partial charge on any atom is -0.340 e. The van der Waals surface area contributed by atoms with Crippen molar-refractivity contribution in [3.05, 3.63) is 57.8 Å². The summed E-state index contributed by atoms with van der Waals surface area (Å²) in [5.74, 6) is -0.215. The minimum atomic E-state index is -0.514. The van der Waals surface area contributed by atoms with Gasteiger partial charge in [0.15, 0.2) is 0 Å². The number of amides is 2. The van der Waals surface area contributed by atoms with Crippen LogP contribution in [-0.2, 0) is 17.8 Å². The summed E-state index contributed by atoms with van der Waals surface area (Å²) < 4.78 is 0. The fourth-order valence-corrected chi connectivity index (χ4v) is 3.32.